The number of methoxy groups -OCH3 is 1. The number of hydrogen-bond acceptors (Lipinski definition) is 3. The zero-order valence-electron chi connectivity index (χ0n) is 8.50. The number of carbonyl (C=O) groups excluding carboxylic acids is 1. The van der Waals surface area contributed by atoms with Crippen LogP contribution in [-0.4, -0.2) is 25.0 Å². The monoisotopic (exact) mass is 192 g/mol. The molecule has 2 heterocycles. The second-order valence-corrected chi connectivity index (χ2v) is 3.40. The number of likely N-dealkylation sites (N-methyl/N-ethyl adjacent to an activating group) is 1. The van der Waals surface area contributed by atoms with E-state index in [1.54, 1.807) is 19.1 Å². The van der Waals surface area contributed by atoms with Gasteiger partial charge in [-0.1, -0.05) is 0 Å². The van der Waals surface area contributed by atoms with E-state index in [1.165, 1.54) is 0 Å². The first-order valence-corrected chi connectivity index (χ1v) is 4.44. The Morgan fingerprint density at radius 2 is 2.29 bits per heavy atom. The second-order valence-electron chi connectivity index (χ2n) is 3.40. The lowest BCUT2D eigenvalue weighted by Crippen LogP contribution is -2.21. The lowest BCUT2D eigenvalue weighted by molar-refractivity contribution is -0.117. The number of nitrogens with zero attached hydrogens (tertiary/aromatic N) is 2. The molecule has 1 aliphatic heterocycles. The van der Waals surface area contributed by atoms with Crippen molar-refractivity contribution < 1.29 is 9.53 Å². The Morgan fingerprint density at radius 1 is 1.57 bits per heavy atom. The van der Waals surface area contributed by atoms with Gasteiger partial charge in [0, 0.05) is 24.4 Å². The van der Waals surface area contributed by atoms with Crippen LogP contribution in [0.4, 0.5) is 5.82 Å². The summed E-state index contributed by atoms with van der Waals surface area (Å²) in [7, 11) is 3.35. The number of aromatic nitrogens is 1. The van der Waals surface area contributed by atoms with Crippen molar-refractivity contribution >= 4 is 11.7 Å². The van der Waals surface area contributed by atoms with Crippen LogP contribution in [0.5, 0.6) is 5.75 Å². The molecule has 0 saturated carbocycles. The standard InChI is InChI=1S/C10H12N2O2/c1-6-4-8(14-3)7-5-9(13)12(2)10(7)11-6/h4H,5H2,1-3H3. The molecule has 1 aromatic heterocycles. The Labute approximate surface area is 82.5 Å². The summed E-state index contributed by atoms with van der Waals surface area (Å²) >= 11 is 0. The Morgan fingerprint density at radius 3 is 2.93 bits per heavy atom. The van der Waals surface area contributed by atoms with Crippen molar-refractivity contribution in [2.75, 3.05) is 19.1 Å². The molecule has 4 heteroatoms. The molecule has 0 spiro atoms. The van der Waals surface area contributed by atoms with Crippen LogP contribution in [0, 0.1) is 6.92 Å². The average Bonchev–Trinajstić information content (AvgIpc) is 2.43. The molecule has 0 atom stereocenters. The van der Waals surface area contributed by atoms with Crippen LogP contribution in [0.3, 0.4) is 0 Å². The van der Waals surface area contributed by atoms with Gasteiger partial charge in [-0.2, -0.15) is 0 Å². The highest BCUT2D eigenvalue weighted by Gasteiger charge is 2.28. The molecule has 0 aliphatic carbocycles. The Balaban J connectivity index is 2.61. The number of ether oxygens (including phenoxy) is 1. The van der Waals surface area contributed by atoms with Gasteiger partial charge in [0.25, 0.3) is 0 Å². The summed E-state index contributed by atoms with van der Waals surface area (Å²) in [5, 5.41) is 0. The SMILES string of the molecule is COc1cc(C)nc2c1CC(=O)N2C. The van der Waals surface area contributed by atoms with Crippen LogP contribution >= 0.6 is 0 Å². The lowest BCUT2D eigenvalue weighted by atomic mass is 10.2. The number of amides is 1. The Kier molecular flexibility index (Phi) is 1.91. The molecule has 4 nitrogen and oxygen atoms in total. The van der Waals surface area contributed by atoms with E-state index < -0.39 is 0 Å². The van der Waals surface area contributed by atoms with Crippen molar-refractivity contribution in [3.63, 3.8) is 0 Å². The third-order valence-electron chi connectivity index (χ3n) is 2.43. The summed E-state index contributed by atoms with van der Waals surface area (Å²) in [5.41, 5.74) is 1.76. The summed E-state index contributed by atoms with van der Waals surface area (Å²) in [6, 6.07) is 1.85. The molecule has 0 bridgehead atoms. The molecule has 1 aromatic rings. The fourth-order valence-corrected chi connectivity index (χ4v) is 1.67. The average molecular weight is 192 g/mol. The smallest absolute Gasteiger partial charge is 0.232 e. The van der Waals surface area contributed by atoms with E-state index in [4.69, 9.17) is 4.74 Å². The van der Waals surface area contributed by atoms with Crippen molar-refractivity contribution in [3.05, 3.63) is 17.3 Å². The van der Waals surface area contributed by atoms with Crippen LogP contribution in [0.2, 0.25) is 0 Å². The van der Waals surface area contributed by atoms with Gasteiger partial charge in [0.05, 0.1) is 13.5 Å². The van der Waals surface area contributed by atoms with Crippen LogP contribution in [0.25, 0.3) is 0 Å². The van der Waals surface area contributed by atoms with Gasteiger partial charge in [-0.05, 0) is 6.92 Å². The quantitative estimate of drug-likeness (QED) is 0.664. The van der Waals surface area contributed by atoms with Crippen molar-refractivity contribution in [1.29, 1.82) is 0 Å². The van der Waals surface area contributed by atoms with E-state index in [2.05, 4.69) is 4.98 Å². The minimum atomic E-state index is 0.0661. The molecule has 0 N–H and O–H groups in total. The largest absolute Gasteiger partial charge is 0.496 e. The highest BCUT2D eigenvalue weighted by Crippen LogP contribution is 2.33. The molecule has 0 aromatic carbocycles. The van der Waals surface area contributed by atoms with E-state index in [0.29, 0.717) is 6.42 Å². The summed E-state index contributed by atoms with van der Waals surface area (Å²) < 4.78 is 5.22. The predicted molar refractivity (Wildman–Crippen MR) is 52.6 cm³/mol. The maximum absolute atomic E-state index is 11.4. The van der Waals surface area contributed by atoms with E-state index >= 15 is 0 Å². The van der Waals surface area contributed by atoms with Crippen molar-refractivity contribution in [2.45, 2.75) is 13.3 Å². The van der Waals surface area contributed by atoms with E-state index in [-0.39, 0.29) is 5.91 Å². The Hall–Kier alpha value is -1.58. The van der Waals surface area contributed by atoms with Gasteiger partial charge in [0.2, 0.25) is 5.91 Å². The van der Waals surface area contributed by atoms with Gasteiger partial charge in [0.15, 0.2) is 0 Å². The maximum atomic E-state index is 11.4. The summed E-state index contributed by atoms with van der Waals surface area (Å²) in [4.78, 5) is 17.3. The predicted octanol–water partition coefficient (Wildman–Crippen LogP) is 0.918. The summed E-state index contributed by atoms with van der Waals surface area (Å²) in [5.74, 6) is 1.55. The molecule has 1 amide bonds. The fourth-order valence-electron chi connectivity index (χ4n) is 1.67. The van der Waals surface area contributed by atoms with E-state index in [9.17, 15) is 4.79 Å². The van der Waals surface area contributed by atoms with Gasteiger partial charge >= 0.3 is 0 Å². The number of fused-ring (bicyclic) bond motifs is 1. The van der Waals surface area contributed by atoms with Gasteiger partial charge < -0.3 is 4.74 Å². The number of anilines is 1. The van der Waals surface area contributed by atoms with Gasteiger partial charge in [-0.3, -0.25) is 9.69 Å². The number of carbonyl (C=O) groups is 1. The fraction of sp³-hybridized carbons (Fsp3) is 0.400. The first-order chi connectivity index (χ1) is 6.63. The van der Waals surface area contributed by atoms with Gasteiger partial charge in [-0.15, -0.1) is 0 Å². The number of pyridine rings is 1. The zero-order valence-corrected chi connectivity index (χ0v) is 8.50. The number of hydrogen-bond donors (Lipinski definition) is 0. The Bertz CT molecular complexity index is 401. The minimum Gasteiger partial charge on any atom is -0.496 e. The van der Waals surface area contributed by atoms with Crippen molar-refractivity contribution in [1.82, 2.24) is 4.98 Å². The normalized spacial score (nSPS) is 14.5. The van der Waals surface area contributed by atoms with Crippen LogP contribution in [-0.2, 0) is 11.2 Å². The molecule has 14 heavy (non-hydrogen) atoms. The molecule has 0 fully saturated rings. The highest BCUT2D eigenvalue weighted by atomic mass is 16.5. The third-order valence-corrected chi connectivity index (χ3v) is 2.43. The van der Waals surface area contributed by atoms with Gasteiger partial charge in [-0.25, -0.2) is 4.98 Å². The molecule has 1 aliphatic rings. The van der Waals surface area contributed by atoms with E-state index in [0.717, 1.165) is 22.8 Å². The van der Waals surface area contributed by atoms with Crippen molar-refractivity contribution in [2.24, 2.45) is 0 Å². The molecule has 0 radical (unpaired) electrons. The summed E-state index contributed by atoms with van der Waals surface area (Å²) in [6.45, 7) is 1.89. The minimum absolute atomic E-state index is 0.0661. The molecule has 74 valence electrons. The number of rotatable bonds is 1. The van der Waals surface area contributed by atoms with Gasteiger partial charge in [0.1, 0.15) is 11.6 Å². The zero-order chi connectivity index (χ0) is 10.3. The second kappa shape index (κ2) is 2.97. The lowest BCUT2D eigenvalue weighted by Gasteiger charge is -2.11. The van der Waals surface area contributed by atoms with Crippen molar-refractivity contribution in [3.8, 4) is 5.75 Å². The first kappa shape index (κ1) is 8.99. The van der Waals surface area contributed by atoms with Crippen LogP contribution < -0.4 is 9.64 Å². The highest BCUT2D eigenvalue weighted by molar-refractivity contribution is 6.00. The third kappa shape index (κ3) is 1.14. The molecular formula is C10H12N2O2. The van der Waals surface area contributed by atoms with Crippen LogP contribution in [0.15, 0.2) is 6.07 Å². The topological polar surface area (TPSA) is 42.4 Å². The summed E-state index contributed by atoms with van der Waals surface area (Å²) in [6.07, 6.45) is 0.391. The van der Waals surface area contributed by atoms with Crippen LogP contribution in [0.1, 0.15) is 11.3 Å². The maximum Gasteiger partial charge on any atom is 0.232 e. The van der Waals surface area contributed by atoms with E-state index in [1.807, 2.05) is 13.0 Å². The molecule has 0 saturated heterocycles. The first-order valence-electron chi connectivity index (χ1n) is 4.44. The molecule has 2 rings (SSSR count). The molecular weight excluding hydrogens is 180 g/mol. The number of aryl methyl sites for hydroxylation is 1. The molecule has 0 unspecified atom stereocenters.